The number of hydrogen-bond donors (Lipinski definition) is 1. The molecule has 0 radical (unpaired) electrons. The Morgan fingerprint density at radius 3 is 1.94 bits per heavy atom. The molecule has 0 saturated heterocycles. The third-order valence-electron chi connectivity index (χ3n) is 3.93. The van der Waals surface area contributed by atoms with Gasteiger partial charge in [-0.1, -0.05) is 66.2 Å². The van der Waals surface area contributed by atoms with Gasteiger partial charge in [-0.25, -0.2) is 0 Å². The molecular weight excluding hydrogens is 194 g/mol. The molecule has 2 atom stereocenters. The summed E-state index contributed by atoms with van der Waals surface area (Å²) in [4.78, 5) is 0. The molecule has 0 aromatic rings. The first kappa shape index (κ1) is 16.0. The summed E-state index contributed by atoms with van der Waals surface area (Å²) in [5.41, 5.74) is 0. The molecule has 0 heterocycles. The van der Waals surface area contributed by atoms with Crippen molar-refractivity contribution in [1.82, 2.24) is 5.32 Å². The van der Waals surface area contributed by atoms with Gasteiger partial charge < -0.3 is 5.32 Å². The molecule has 0 aromatic carbocycles. The number of unbranched alkanes of at least 4 members (excludes halogenated alkanes) is 5. The van der Waals surface area contributed by atoms with Gasteiger partial charge in [0.1, 0.15) is 0 Å². The first-order valence-corrected chi connectivity index (χ1v) is 7.30. The van der Waals surface area contributed by atoms with E-state index >= 15 is 0 Å². The SMILES string of the molecule is CCCCCCCCC(NC)C(C)C(C)C. The molecule has 0 saturated carbocycles. The lowest BCUT2D eigenvalue weighted by Crippen LogP contribution is -2.34. The summed E-state index contributed by atoms with van der Waals surface area (Å²) >= 11 is 0. The average Bonchev–Trinajstić information content (AvgIpc) is 2.27. The minimum atomic E-state index is 0.714. The Bertz CT molecular complexity index is 142. The van der Waals surface area contributed by atoms with Crippen molar-refractivity contribution in [2.45, 2.75) is 78.7 Å². The number of rotatable bonds is 10. The fourth-order valence-electron chi connectivity index (χ4n) is 2.28. The maximum Gasteiger partial charge on any atom is 0.00921 e. The van der Waals surface area contributed by atoms with Crippen molar-refractivity contribution >= 4 is 0 Å². The summed E-state index contributed by atoms with van der Waals surface area (Å²) in [7, 11) is 2.11. The van der Waals surface area contributed by atoms with Gasteiger partial charge in [0.25, 0.3) is 0 Å². The van der Waals surface area contributed by atoms with Crippen LogP contribution in [-0.4, -0.2) is 13.1 Å². The van der Waals surface area contributed by atoms with E-state index < -0.39 is 0 Å². The molecule has 0 aliphatic carbocycles. The van der Waals surface area contributed by atoms with Crippen LogP contribution in [-0.2, 0) is 0 Å². The highest BCUT2D eigenvalue weighted by Crippen LogP contribution is 2.19. The summed E-state index contributed by atoms with van der Waals surface area (Å²) in [5, 5.41) is 3.49. The molecular formula is C15H33N. The normalized spacial score (nSPS) is 15.4. The van der Waals surface area contributed by atoms with E-state index in [0.717, 1.165) is 11.8 Å². The molecule has 2 unspecified atom stereocenters. The van der Waals surface area contributed by atoms with Crippen LogP contribution in [0.15, 0.2) is 0 Å². The fourth-order valence-corrected chi connectivity index (χ4v) is 2.28. The number of nitrogens with one attached hydrogen (secondary N) is 1. The van der Waals surface area contributed by atoms with Crippen molar-refractivity contribution in [2.24, 2.45) is 11.8 Å². The van der Waals surface area contributed by atoms with Crippen LogP contribution in [0.25, 0.3) is 0 Å². The summed E-state index contributed by atoms with van der Waals surface area (Å²) in [6.45, 7) is 9.32. The molecule has 0 aliphatic heterocycles. The van der Waals surface area contributed by atoms with Crippen LogP contribution >= 0.6 is 0 Å². The summed E-state index contributed by atoms with van der Waals surface area (Å²) in [6.07, 6.45) is 9.79. The largest absolute Gasteiger partial charge is 0.317 e. The van der Waals surface area contributed by atoms with Crippen molar-refractivity contribution in [3.63, 3.8) is 0 Å². The molecule has 1 nitrogen and oxygen atoms in total. The molecule has 0 aromatic heterocycles. The lowest BCUT2D eigenvalue weighted by atomic mass is 9.87. The minimum absolute atomic E-state index is 0.714. The van der Waals surface area contributed by atoms with E-state index in [-0.39, 0.29) is 0 Å². The predicted molar refractivity (Wildman–Crippen MR) is 74.8 cm³/mol. The van der Waals surface area contributed by atoms with Crippen LogP contribution in [0.5, 0.6) is 0 Å². The Morgan fingerprint density at radius 2 is 1.44 bits per heavy atom. The van der Waals surface area contributed by atoms with Crippen molar-refractivity contribution in [3.8, 4) is 0 Å². The van der Waals surface area contributed by atoms with E-state index in [1.165, 1.54) is 44.9 Å². The van der Waals surface area contributed by atoms with Crippen LogP contribution in [0.1, 0.15) is 72.6 Å². The van der Waals surface area contributed by atoms with Gasteiger partial charge in [-0.05, 0) is 25.3 Å². The third-order valence-corrected chi connectivity index (χ3v) is 3.93. The molecule has 0 amide bonds. The van der Waals surface area contributed by atoms with Crippen molar-refractivity contribution in [2.75, 3.05) is 7.05 Å². The molecule has 0 bridgehead atoms. The highest BCUT2D eigenvalue weighted by molar-refractivity contribution is 4.74. The maximum atomic E-state index is 3.49. The zero-order valence-corrected chi connectivity index (χ0v) is 12.2. The van der Waals surface area contributed by atoms with Crippen molar-refractivity contribution in [1.29, 1.82) is 0 Å². The van der Waals surface area contributed by atoms with Crippen LogP contribution in [0, 0.1) is 11.8 Å². The monoisotopic (exact) mass is 227 g/mol. The second-order valence-corrected chi connectivity index (χ2v) is 5.55. The first-order valence-electron chi connectivity index (χ1n) is 7.30. The lowest BCUT2D eigenvalue weighted by molar-refractivity contribution is 0.291. The molecule has 16 heavy (non-hydrogen) atoms. The smallest absolute Gasteiger partial charge is 0.00921 e. The van der Waals surface area contributed by atoms with Gasteiger partial charge in [0.15, 0.2) is 0 Å². The molecule has 0 aliphatic rings. The van der Waals surface area contributed by atoms with Gasteiger partial charge in [0.2, 0.25) is 0 Å². The standard InChI is InChI=1S/C15H33N/c1-6-7-8-9-10-11-12-15(16-5)14(4)13(2)3/h13-16H,6-12H2,1-5H3. The Labute approximate surface area is 103 Å². The fraction of sp³-hybridized carbons (Fsp3) is 1.00. The van der Waals surface area contributed by atoms with E-state index in [0.29, 0.717) is 6.04 Å². The van der Waals surface area contributed by atoms with E-state index in [2.05, 4.69) is 40.1 Å². The highest BCUT2D eigenvalue weighted by atomic mass is 14.9. The van der Waals surface area contributed by atoms with Crippen LogP contribution in [0.4, 0.5) is 0 Å². The Morgan fingerprint density at radius 1 is 0.875 bits per heavy atom. The molecule has 1 heteroatoms. The average molecular weight is 227 g/mol. The van der Waals surface area contributed by atoms with Gasteiger partial charge >= 0.3 is 0 Å². The van der Waals surface area contributed by atoms with Crippen molar-refractivity contribution < 1.29 is 0 Å². The molecule has 1 N–H and O–H groups in total. The van der Waals surface area contributed by atoms with E-state index in [9.17, 15) is 0 Å². The first-order chi connectivity index (χ1) is 7.63. The van der Waals surface area contributed by atoms with E-state index in [4.69, 9.17) is 0 Å². The second-order valence-electron chi connectivity index (χ2n) is 5.55. The maximum absolute atomic E-state index is 3.49. The van der Waals surface area contributed by atoms with Gasteiger partial charge in [0.05, 0.1) is 0 Å². The third kappa shape index (κ3) is 7.27. The van der Waals surface area contributed by atoms with E-state index in [1.807, 2.05) is 0 Å². The number of hydrogen-bond acceptors (Lipinski definition) is 1. The Balaban J connectivity index is 3.55. The second kappa shape index (κ2) is 10.1. The Kier molecular flexibility index (Phi) is 10.1. The molecule has 0 spiro atoms. The topological polar surface area (TPSA) is 12.0 Å². The van der Waals surface area contributed by atoms with E-state index in [1.54, 1.807) is 0 Å². The summed E-state index contributed by atoms with van der Waals surface area (Å²) in [6, 6.07) is 0.714. The summed E-state index contributed by atoms with van der Waals surface area (Å²) in [5.74, 6) is 1.58. The zero-order valence-electron chi connectivity index (χ0n) is 12.2. The van der Waals surface area contributed by atoms with Gasteiger partial charge in [-0.3, -0.25) is 0 Å². The van der Waals surface area contributed by atoms with Crippen LogP contribution in [0.3, 0.4) is 0 Å². The highest BCUT2D eigenvalue weighted by Gasteiger charge is 2.17. The Hall–Kier alpha value is -0.0400. The quantitative estimate of drug-likeness (QED) is 0.537. The van der Waals surface area contributed by atoms with Gasteiger partial charge in [-0.15, -0.1) is 0 Å². The van der Waals surface area contributed by atoms with Crippen LogP contribution in [0.2, 0.25) is 0 Å². The minimum Gasteiger partial charge on any atom is -0.317 e. The lowest BCUT2D eigenvalue weighted by Gasteiger charge is -2.26. The van der Waals surface area contributed by atoms with Gasteiger partial charge in [-0.2, -0.15) is 0 Å². The predicted octanol–water partition coefficient (Wildman–Crippen LogP) is 4.62. The molecule has 0 rings (SSSR count). The molecule has 0 fully saturated rings. The molecule has 98 valence electrons. The zero-order chi connectivity index (χ0) is 12.4. The summed E-state index contributed by atoms with van der Waals surface area (Å²) < 4.78 is 0. The van der Waals surface area contributed by atoms with Crippen molar-refractivity contribution in [3.05, 3.63) is 0 Å². The van der Waals surface area contributed by atoms with Gasteiger partial charge in [0, 0.05) is 6.04 Å². The van der Waals surface area contributed by atoms with Crippen LogP contribution < -0.4 is 5.32 Å².